The van der Waals surface area contributed by atoms with Crippen LogP contribution < -0.4 is 10.5 Å². The van der Waals surface area contributed by atoms with E-state index < -0.39 is 0 Å². The average Bonchev–Trinajstić information content (AvgIpc) is 2.26. The van der Waals surface area contributed by atoms with Gasteiger partial charge in [0.05, 0.1) is 0 Å². The van der Waals surface area contributed by atoms with Gasteiger partial charge >= 0.3 is 0 Å². The molecular weight excluding hydrogens is 198 g/mol. The summed E-state index contributed by atoms with van der Waals surface area (Å²) in [7, 11) is 0. The molecule has 0 saturated carbocycles. The van der Waals surface area contributed by atoms with E-state index >= 15 is 0 Å². The van der Waals surface area contributed by atoms with Gasteiger partial charge < -0.3 is 10.5 Å². The van der Waals surface area contributed by atoms with Crippen molar-refractivity contribution in [3.63, 3.8) is 0 Å². The van der Waals surface area contributed by atoms with Crippen molar-refractivity contribution in [3.8, 4) is 11.5 Å². The molecule has 2 aromatic carbocycles. The molecule has 0 unspecified atom stereocenters. The molecular formula is C14H14NO. The Hall–Kier alpha value is -1.96. The van der Waals surface area contributed by atoms with Crippen LogP contribution in [-0.2, 0) is 0 Å². The van der Waals surface area contributed by atoms with E-state index in [1.165, 1.54) is 0 Å². The number of aryl methyl sites for hydroxylation is 2. The summed E-state index contributed by atoms with van der Waals surface area (Å²) in [5.74, 6) is 1.69. The van der Waals surface area contributed by atoms with Crippen LogP contribution in [0.4, 0.5) is 5.69 Å². The van der Waals surface area contributed by atoms with Crippen LogP contribution in [0, 0.1) is 19.9 Å². The van der Waals surface area contributed by atoms with Gasteiger partial charge in [-0.2, -0.15) is 0 Å². The van der Waals surface area contributed by atoms with Gasteiger partial charge in [0.15, 0.2) is 0 Å². The summed E-state index contributed by atoms with van der Waals surface area (Å²) < 4.78 is 5.82. The molecule has 2 nitrogen and oxygen atoms in total. The summed E-state index contributed by atoms with van der Waals surface area (Å²) in [6, 6.07) is 14.3. The molecule has 2 heteroatoms. The fourth-order valence-electron chi connectivity index (χ4n) is 1.55. The summed E-state index contributed by atoms with van der Waals surface area (Å²) in [6.45, 7) is 4.02. The number of nitrogens with two attached hydrogens (primary N) is 1. The Morgan fingerprint density at radius 3 is 2.12 bits per heavy atom. The largest absolute Gasteiger partial charge is 0.457 e. The maximum Gasteiger partial charge on any atom is 0.133 e. The summed E-state index contributed by atoms with van der Waals surface area (Å²) >= 11 is 0. The van der Waals surface area contributed by atoms with Crippen molar-refractivity contribution in [2.75, 3.05) is 5.73 Å². The molecule has 0 aliphatic heterocycles. The van der Waals surface area contributed by atoms with Gasteiger partial charge in [-0.15, -0.1) is 0 Å². The van der Waals surface area contributed by atoms with Gasteiger partial charge in [-0.3, -0.25) is 0 Å². The number of hydrogen-bond acceptors (Lipinski definition) is 2. The fraction of sp³-hybridized carbons (Fsp3) is 0.143. The van der Waals surface area contributed by atoms with Crippen LogP contribution in [0.3, 0.4) is 0 Å². The highest BCUT2D eigenvalue weighted by molar-refractivity contribution is 5.46. The van der Waals surface area contributed by atoms with Gasteiger partial charge in [0.25, 0.3) is 0 Å². The van der Waals surface area contributed by atoms with Crippen molar-refractivity contribution in [2.45, 2.75) is 13.8 Å². The fourth-order valence-corrected chi connectivity index (χ4v) is 1.55. The van der Waals surface area contributed by atoms with Gasteiger partial charge in [0.2, 0.25) is 0 Å². The quantitative estimate of drug-likeness (QED) is 0.773. The Balaban J connectivity index is 2.30. The van der Waals surface area contributed by atoms with Crippen molar-refractivity contribution in [1.82, 2.24) is 0 Å². The minimum atomic E-state index is 0.738. The molecule has 16 heavy (non-hydrogen) atoms. The third-order valence-electron chi connectivity index (χ3n) is 2.42. The van der Waals surface area contributed by atoms with Crippen LogP contribution in [0.25, 0.3) is 0 Å². The van der Waals surface area contributed by atoms with E-state index in [4.69, 9.17) is 10.5 Å². The first-order valence-electron chi connectivity index (χ1n) is 5.17. The molecule has 1 radical (unpaired) electrons. The lowest BCUT2D eigenvalue weighted by Gasteiger charge is -2.11. The van der Waals surface area contributed by atoms with Crippen molar-refractivity contribution in [3.05, 3.63) is 53.6 Å². The number of ether oxygens (including phenoxy) is 1. The predicted octanol–water partition coefficient (Wildman–Crippen LogP) is 3.48. The van der Waals surface area contributed by atoms with Crippen molar-refractivity contribution in [1.29, 1.82) is 0 Å². The molecule has 2 N–H and O–H groups in total. The minimum absolute atomic E-state index is 0.738. The monoisotopic (exact) mass is 212 g/mol. The molecule has 0 aromatic heterocycles. The first kappa shape index (κ1) is 10.6. The Kier molecular flexibility index (Phi) is 2.82. The summed E-state index contributed by atoms with van der Waals surface area (Å²) in [5.41, 5.74) is 8.52. The maximum atomic E-state index is 5.82. The van der Waals surface area contributed by atoms with E-state index in [1.807, 2.05) is 50.2 Å². The van der Waals surface area contributed by atoms with Crippen LogP contribution in [0.1, 0.15) is 11.1 Å². The molecule has 0 amide bonds. The Labute approximate surface area is 95.7 Å². The highest BCUT2D eigenvalue weighted by Crippen LogP contribution is 2.28. The topological polar surface area (TPSA) is 35.2 Å². The van der Waals surface area contributed by atoms with E-state index in [2.05, 4.69) is 6.07 Å². The summed E-state index contributed by atoms with van der Waals surface area (Å²) in [4.78, 5) is 0. The molecule has 2 rings (SSSR count). The van der Waals surface area contributed by atoms with Gasteiger partial charge in [-0.05, 0) is 67.4 Å². The molecule has 0 spiro atoms. The molecule has 0 aliphatic rings. The Morgan fingerprint density at radius 1 is 1.00 bits per heavy atom. The van der Waals surface area contributed by atoms with Crippen LogP contribution in [0.15, 0.2) is 36.4 Å². The molecule has 0 fully saturated rings. The SMILES string of the molecule is Cc1c[c]cc(C)c1Oc1ccc(N)cc1. The molecule has 0 heterocycles. The van der Waals surface area contributed by atoms with E-state index in [9.17, 15) is 0 Å². The zero-order chi connectivity index (χ0) is 11.5. The second kappa shape index (κ2) is 4.27. The molecule has 0 bridgehead atoms. The van der Waals surface area contributed by atoms with E-state index in [0.717, 1.165) is 28.3 Å². The number of benzene rings is 2. The first-order valence-corrected chi connectivity index (χ1v) is 5.17. The van der Waals surface area contributed by atoms with Crippen LogP contribution in [0.5, 0.6) is 11.5 Å². The lowest BCUT2D eigenvalue weighted by Crippen LogP contribution is -1.91. The first-order chi connectivity index (χ1) is 7.66. The zero-order valence-electron chi connectivity index (χ0n) is 9.45. The van der Waals surface area contributed by atoms with Crippen molar-refractivity contribution >= 4 is 5.69 Å². The van der Waals surface area contributed by atoms with Crippen molar-refractivity contribution < 1.29 is 4.74 Å². The second-order valence-electron chi connectivity index (χ2n) is 3.82. The highest BCUT2D eigenvalue weighted by Gasteiger charge is 2.04. The lowest BCUT2D eigenvalue weighted by atomic mass is 10.1. The van der Waals surface area contributed by atoms with Gasteiger partial charge in [-0.1, -0.05) is 0 Å². The minimum Gasteiger partial charge on any atom is -0.457 e. The third kappa shape index (κ3) is 2.16. The van der Waals surface area contributed by atoms with Gasteiger partial charge in [0.1, 0.15) is 11.5 Å². The number of hydrogen-bond donors (Lipinski definition) is 1. The third-order valence-corrected chi connectivity index (χ3v) is 2.42. The molecule has 81 valence electrons. The molecule has 2 aromatic rings. The predicted molar refractivity (Wildman–Crippen MR) is 65.7 cm³/mol. The Morgan fingerprint density at radius 2 is 1.56 bits per heavy atom. The van der Waals surface area contributed by atoms with Crippen LogP contribution in [0.2, 0.25) is 0 Å². The highest BCUT2D eigenvalue weighted by atomic mass is 16.5. The van der Waals surface area contributed by atoms with Crippen LogP contribution in [-0.4, -0.2) is 0 Å². The van der Waals surface area contributed by atoms with Crippen LogP contribution >= 0.6 is 0 Å². The second-order valence-corrected chi connectivity index (χ2v) is 3.82. The lowest BCUT2D eigenvalue weighted by molar-refractivity contribution is 0.475. The number of anilines is 1. The maximum absolute atomic E-state index is 5.82. The normalized spacial score (nSPS) is 10.1. The van der Waals surface area contributed by atoms with Crippen molar-refractivity contribution in [2.24, 2.45) is 0 Å². The number of nitrogen functional groups attached to an aromatic ring is 1. The smallest absolute Gasteiger partial charge is 0.133 e. The molecule has 0 atom stereocenters. The van der Waals surface area contributed by atoms with Gasteiger partial charge in [0, 0.05) is 5.69 Å². The van der Waals surface area contributed by atoms with Gasteiger partial charge in [-0.25, -0.2) is 0 Å². The summed E-state index contributed by atoms with van der Waals surface area (Å²) in [5, 5.41) is 0. The molecule has 0 aliphatic carbocycles. The number of rotatable bonds is 2. The average molecular weight is 212 g/mol. The van der Waals surface area contributed by atoms with E-state index in [-0.39, 0.29) is 0 Å². The zero-order valence-corrected chi connectivity index (χ0v) is 9.45. The van der Waals surface area contributed by atoms with E-state index in [0.29, 0.717) is 0 Å². The summed E-state index contributed by atoms with van der Waals surface area (Å²) in [6.07, 6.45) is 0. The Bertz CT molecular complexity index is 468. The standard InChI is InChI=1S/C14H14NO/c1-10-4-3-5-11(2)14(10)16-13-8-6-12(15)7-9-13/h4-9H,15H2,1-2H3. The molecule has 0 saturated heterocycles. The van der Waals surface area contributed by atoms with E-state index in [1.54, 1.807) is 0 Å².